The summed E-state index contributed by atoms with van der Waals surface area (Å²) in [5.74, 6) is 1.49. The molecule has 9 aromatic rings. The van der Waals surface area contributed by atoms with Gasteiger partial charge in [0, 0.05) is 21.9 Å². The van der Waals surface area contributed by atoms with Gasteiger partial charge in [-0.2, -0.15) is 0 Å². The van der Waals surface area contributed by atoms with E-state index in [1.165, 1.54) is 26.9 Å². The summed E-state index contributed by atoms with van der Waals surface area (Å²) in [6.07, 6.45) is -0.299. The Morgan fingerprint density at radius 1 is 0.469 bits per heavy atom. The number of rotatable bonds is 4. The molecule has 1 atom stereocenters. The second kappa shape index (κ2) is 11.0. The molecule has 1 aromatic heterocycles. The van der Waals surface area contributed by atoms with E-state index in [1.807, 2.05) is 18.2 Å². The third kappa shape index (κ3) is 4.61. The van der Waals surface area contributed by atoms with Crippen LogP contribution >= 0.6 is 0 Å². The Kier molecular flexibility index (Phi) is 6.21. The Morgan fingerprint density at radius 3 is 2.04 bits per heavy atom. The summed E-state index contributed by atoms with van der Waals surface area (Å²) in [5.41, 5.74) is 7.07. The normalized spacial score (nSPS) is 14.7. The van der Waals surface area contributed by atoms with Crippen LogP contribution in [0.1, 0.15) is 22.9 Å². The molecule has 0 bridgehead atoms. The molecule has 0 saturated carbocycles. The van der Waals surface area contributed by atoms with E-state index >= 15 is 0 Å². The lowest BCUT2D eigenvalue weighted by molar-refractivity contribution is 0.669. The highest BCUT2D eigenvalue weighted by atomic mass is 16.3. The minimum atomic E-state index is -0.299. The molecule has 0 saturated heterocycles. The molecule has 8 aromatic carbocycles. The highest BCUT2D eigenvalue weighted by Gasteiger charge is 2.23. The topological polar surface area (TPSA) is 49.9 Å². The first kappa shape index (κ1) is 27.6. The number of nitrogens with zero attached hydrogens (tertiary/aromatic N) is 2. The molecular weight excluding hydrogens is 599 g/mol. The number of aliphatic imine (C=N–C) groups is 2. The van der Waals surface area contributed by atoms with Crippen molar-refractivity contribution < 1.29 is 4.42 Å². The van der Waals surface area contributed by atoms with Gasteiger partial charge in [-0.15, -0.1) is 0 Å². The number of furan rings is 1. The molecule has 0 aliphatic carbocycles. The average Bonchev–Trinajstić information content (AvgIpc) is 3.56. The standard InChI is InChI=1S/C45H29N3O/c1-2-12-29(13-3-1)43-46-44(32-23-24-36-31(25-32)22-21-28-11-4-6-15-34(28)36)48-45(47-43)33-26-30-14-5-7-16-35(30)39(27-33)37-18-10-20-41-42(37)38-17-8-9-19-40(38)49-41/h1-27,43H,(H,46,47,48). The number of nitrogens with one attached hydrogen (secondary N) is 1. The van der Waals surface area contributed by atoms with E-state index in [4.69, 9.17) is 14.4 Å². The summed E-state index contributed by atoms with van der Waals surface area (Å²) in [5, 5.41) is 13.1. The van der Waals surface area contributed by atoms with Crippen LogP contribution in [0.25, 0.3) is 65.4 Å². The Morgan fingerprint density at radius 2 is 1.14 bits per heavy atom. The number of amidine groups is 2. The largest absolute Gasteiger partial charge is 0.456 e. The zero-order valence-electron chi connectivity index (χ0n) is 26.5. The van der Waals surface area contributed by atoms with Crippen LogP contribution < -0.4 is 5.32 Å². The highest BCUT2D eigenvalue weighted by molar-refractivity contribution is 6.19. The molecule has 2 heterocycles. The first-order valence-corrected chi connectivity index (χ1v) is 16.6. The van der Waals surface area contributed by atoms with E-state index in [0.29, 0.717) is 5.84 Å². The van der Waals surface area contributed by atoms with Crippen LogP contribution in [-0.4, -0.2) is 11.7 Å². The van der Waals surface area contributed by atoms with Crippen LogP contribution in [0.15, 0.2) is 178 Å². The van der Waals surface area contributed by atoms with Gasteiger partial charge in [-0.05, 0) is 79.3 Å². The zero-order chi connectivity index (χ0) is 32.3. The Labute approximate surface area is 282 Å². The third-order valence-corrected chi connectivity index (χ3v) is 9.69. The van der Waals surface area contributed by atoms with Crippen molar-refractivity contribution in [2.24, 2.45) is 9.98 Å². The molecule has 49 heavy (non-hydrogen) atoms. The van der Waals surface area contributed by atoms with Crippen molar-refractivity contribution in [3.05, 3.63) is 180 Å². The number of benzene rings is 8. The first-order valence-electron chi connectivity index (χ1n) is 16.6. The second-order valence-corrected chi connectivity index (χ2v) is 12.6. The van der Waals surface area contributed by atoms with Gasteiger partial charge in [-0.25, -0.2) is 9.98 Å². The first-order chi connectivity index (χ1) is 24.3. The van der Waals surface area contributed by atoms with Crippen LogP contribution in [0, 0.1) is 0 Å². The predicted molar refractivity (Wildman–Crippen MR) is 204 cm³/mol. The summed E-state index contributed by atoms with van der Waals surface area (Å²) >= 11 is 0. The maximum atomic E-state index is 6.30. The molecule has 0 radical (unpaired) electrons. The van der Waals surface area contributed by atoms with Crippen molar-refractivity contribution in [1.29, 1.82) is 0 Å². The van der Waals surface area contributed by atoms with Crippen molar-refractivity contribution in [3.8, 4) is 11.1 Å². The van der Waals surface area contributed by atoms with Crippen LogP contribution in [-0.2, 0) is 0 Å². The molecule has 230 valence electrons. The molecule has 0 spiro atoms. The molecule has 1 aliphatic heterocycles. The molecule has 1 unspecified atom stereocenters. The van der Waals surface area contributed by atoms with Crippen LogP contribution in [0.2, 0.25) is 0 Å². The molecule has 0 fully saturated rings. The Balaban J connectivity index is 1.18. The number of hydrogen-bond donors (Lipinski definition) is 1. The highest BCUT2D eigenvalue weighted by Crippen LogP contribution is 2.40. The number of fused-ring (bicyclic) bond motifs is 7. The Bertz CT molecular complexity index is 2810. The number of para-hydroxylation sites is 1. The minimum absolute atomic E-state index is 0.299. The average molecular weight is 628 g/mol. The smallest absolute Gasteiger partial charge is 0.159 e. The maximum absolute atomic E-state index is 6.30. The van der Waals surface area contributed by atoms with E-state index in [1.54, 1.807) is 0 Å². The lowest BCUT2D eigenvalue weighted by atomic mass is 9.92. The minimum Gasteiger partial charge on any atom is -0.456 e. The second-order valence-electron chi connectivity index (χ2n) is 12.6. The van der Waals surface area contributed by atoms with Crippen molar-refractivity contribution in [2.75, 3.05) is 0 Å². The molecule has 1 N–H and O–H groups in total. The van der Waals surface area contributed by atoms with Crippen LogP contribution in [0.3, 0.4) is 0 Å². The van der Waals surface area contributed by atoms with E-state index in [9.17, 15) is 0 Å². The fourth-order valence-corrected chi connectivity index (χ4v) is 7.35. The number of hydrogen-bond acceptors (Lipinski definition) is 4. The van der Waals surface area contributed by atoms with Gasteiger partial charge in [0.15, 0.2) is 5.84 Å². The van der Waals surface area contributed by atoms with E-state index in [2.05, 4.69) is 151 Å². The fraction of sp³-hybridized carbons (Fsp3) is 0.0222. The van der Waals surface area contributed by atoms with Gasteiger partial charge in [0.1, 0.15) is 23.2 Å². The van der Waals surface area contributed by atoms with Crippen molar-refractivity contribution in [1.82, 2.24) is 5.32 Å². The zero-order valence-corrected chi connectivity index (χ0v) is 26.5. The molecule has 10 rings (SSSR count). The van der Waals surface area contributed by atoms with Gasteiger partial charge in [0.05, 0.1) is 0 Å². The summed E-state index contributed by atoms with van der Waals surface area (Å²) in [7, 11) is 0. The predicted octanol–water partition coefficient (Wildman–Crippen LogP) is 11.2. The maximum Gasteiger partial charge on any atom is 0.159 e. The van der Waals surface area contributed by atoms with Crippen LogP contribution in [0.5, 0.6) is 0 Å². The monoisotopic (exact) mass is 627 g/mol. The summed E-state index contributed by atoms with van der Waals surface area (Å²) in [6.45, 7) is 0. The van der Waals surface area contributed by atoms with Gasteiger partial charge >= 0.3 is 0 Å². The van der Waals surface area contributed by atoms with Gasteiger partial charge in [-0.3, -0.25) is 0 Å². The summed E-state index contributed by atoms with van der Waals surface area (Å²) in [4.78, 5) is 10.5. The van der Waals surface area contributed by atoms with E-state index in [0.717, 1.165) is 61.0 Å². The fourth-order valence-electron chi connectivity index (χ4n) is 7.35. The molecular formula is C45H29N3O. The van der Waals surface area contributed by atoms with Gasteiger partial charge in [0.25, 0.3) is 0 Å². The van der Waals surface area contributed by atoms with Gasteiger partial charge in [-0.1, -0.05) is 133 Å². The quantitative estimate of drug-likeness (QED) is 0.197. The summed E-state index contributed by atoms with van der Waals surface area (Å²) < 4.78 is 6.30. The van der Waals surface area contributed by atoms with Crippen LogP contribution in [0.4, 0.5) is 0 Å². The third-order valence-electron chi connectivity index (χ3n) is 9.69. The van der Waals surface area contributed by atoms with E-state index < -0.39 is 0 Å². The molecule has 4 heteroatoms. The SMILES string of the molecule is c1ccc(C2N=C(c3cc(-c4cccc5oc6ccccc6c45)c4ccccc4c3)N=C(c3ccc4c(ccc5ccccc54)c3)N2)cc1. The van der Waals surface area contributed by atoms with Crippen molar-refractivity contribution >= 4 is 65.9 Å². The summed E-state index contributed by atoms with van der Waals surface area (Å²) in [6, 6.07) is 57.5. The molecule has 1 aliphatic rings. The van der Waals surface area contributed by atoms with Crippen molar-refractivity contribution in [3.63, 3.8) is 0 Å². The van der Waals surface area contributed by atoms with Gasteiger partial charge in [0.2, 0.25) is 0 Å². The van der Waals surface area contributed by atoms with E-state index in [-0.39, 0.29) is 6.17 Å². The molecule has 4 nitrogen and oxygen atoms in total. The molecule has 0 amide bonds. The van der Waals surface area contributed by atoms with Gasteiger partial charge < -0.3 is 9.73 Å². The lowest BCUT2D eigenvalue weighted by Gasteiger charge is -2.24. The lowest BCUT2D eigenvalue weighted by Crippen LogP contribution is -2.33. The van der Waals surface area contributed by atoms with Crippen molar-refractivity contribution in [2.45, 2.75) is 6.17 Å². The Hall–Kier alpha value is -6.52.